The first-order valence-corrected chi connectivity index (χ1v) is 9.20. The quantitative estimate of drug-likeness (QED) is 0.915. The maximum Gasteiger partial charge on any atom is 0.226 e. The molecule has 138 valence electrons. The minimum atomic E-state index is 0.0821. The minimum Gasteiger partial charge on any atom is -0.497 e. The van der Waals surface area contributed by atoms with Crippen molar-refractivity contribution in [3.05, 3.63) is 41.2 Å². The highest BCUT2D eigenvalue weighted by atomic mass is 16.5. The molecule has 2 heterocycles. The number of carbonyl (C=O) groups excluding carboxylic acids is 1. The van der Waals surface area contributed by atoms with E-state index in [-0.39, 0.29) is 11.8 Å². The summed E-state index contributed by atoms with van der Waals surface area (Å²) in [4.78, 5) is 15.0. The Hall–Kier alpha value is -2.50. The van der Waals surface area contributed by atoms with E-state index in [1.54, 1.807) is 14.2 Å². The zero-order valence-corrected chi connectivity index (χ0v) is 15.3. The van der Waals surface area contributed by atoms with Crippen LogP contribution in [0.15, 0.2) is 24.4 Å². The molecule has 2 aromatic rings. The maximum atomic E-state index is 13.0. The number of H-pyrrole nitrogens is 1. The van der Waals surface area contributed by atoms with Crippen LogP contribution in [0.3, 0.4) is 0 Å². The number of carbonyl (C=O) groups is 1. The van der Waals surface area contributed by atoms with Crippen molar-refractivity contribution in [3.8, 4) is 11.5 Å². The van der Waals surface area contributed by atoms with Gasteiger partial charge in [-0.15, -0.1) is 0 Å². The number of nitrogens with one attached hydrogen (secondary N) is 1. The van der Waals surface area contributed by atoms with Crippen LogP contribution in [0, 0.1) is 5.92 Å². The second-order valence-electron chi connectivity index (χ2n) is 7.23. The molecule has 2 unspecified atom stereocenters. The van der Waals surface area contributed by atoms with Crippen molar-refractivity contribution >= 4 is 5.91 Å². The second kappa shape index (κ2) is 7.02. The van der Waals surface area contributed by atoms with Crippen LogP contribution in [0.5, 0.6) is 11.5 Å². The summed E-state index contributed by atoms with van der Waals surface area (Å²) in [7, 11) is 3.33. The third-order valence-electron chi connectivity index (χ3n) is 5.71. The number of fused-ring (bicyclic) bond motifs is 1. The van der Waals surface area contributed by atoms with Gasteiger partial charge in [0, 0.05) is 36.7 Å². The zero-order chi connectivity index (χ0) is 18.1. The molecule has 1 aliphatic heterocycles. The van der Waals surface area contributed by atoms with E-state index in [9.17, 15) is 4.79 Å². The molecular weight excluding hydrogens is 330 g/mol. The molecule has 0 saturated carbocycles. The highest BCUT2D eigenvalue weighted by Crippen LogP contribution is 2.34. The topological polar surface area (TPSA) is 67.5 Å². The Bertz CT molecular complexity index is 779. The van der Waals surface area contributed by atoms with Crippen LogP contribution in [0.25, 0.3) is 0 Å². The smallest absolute Gasteiger partial charge is 0.226 e. The summed E-state index contributed by atoms with van der Waals surface area (Å²) < 4.78 is 10.8. The van der Waals surface area contributed by atoms with Gasteiger partial charge in [0.15, 0.2) is 0 Å². The molecule has 0 radical (unpaired) electrons. The molecule has 1 N–H and O–H groups in total. The monoisotopic (exact) mass is 355 g/mol. The number of hydrogen-bond acceptors (Lipinski definition) is 4. The predicted octanol–water partition coefficient (Wildman–Crippen LogP) is 2.55. The minimum absolute atomic E-state index is 0.0821. The summed E-state index contributed by atoms with van der Waals surface area (Å²) in [5.74, 6) is 2.29. The summed E-state index contributed by atoms with van der Waals surface area (Å²) >= 11 is 0. The Labute approximate surface area is 153 Å². The van der Waals surface area contributed by atoms with Crippen LogP contribution < -0.4 is 9.47 Å². The molecule has 2 aliphatic rings. The van der Waals surface area contributed by atoms with Gasteiger partial charge in [-0.3, -0.25) is 9.89 Å². The van der Waals surface area contributed by atoms with Crippen molar-refractivity contribution in [1.29, 1.82) is 0 Å². The SMILES string of the molecule is COc1cc(OC)cc(C2CCN(C(=O)C3CCc4[nH]ncc4C3)C2)c1. The van der Waals surface area contributed by atoms with Gasteiger partial charge in [-0.05, 0) is 48.9 Å². The number of likely N-dealkylation sites (tertiary alicyclic amines) is 1. The molecule has 1 saturated heterocycles. The summed E-state index contributed by atoms with van der Waals surface area (Å²) in [6.45, 7) is 1.58. The van der Waals surface area contributed by atoms with Gasteiger partial charge in [0.25, 0.3) is 0 Å². The number of amides is 1. The molecule has 6 nitrogen and oxygen atoms in total. The van der Waals surface area contributed by atoms with Gasteiger partial charge in [-0.1, -0.05) is 0 Å². The molecular formula is C20H25N3O3. The molecule has 1 aromatic carbocycles. The fourth-order valence-electron chi connectivity index (χ4n) is 4.18. The van der Waals surface area contributed by atoms with Gasteiger partial charge in [-0.2, -0.15) is 5.10 Å². The summed E-state index contributed by atoms with van der Waals surface area (Å²) in [6.07, 6.45) is 5.47. The van der Waals surface area contributed by atoms with Gasteiger partial charge < -0.3 is 14.4 Å². The van der Waals surface area contributed by atoms with Crippen molar-refractivity contribution in [2.45, 2.75) is 31.6 Å². The number of methoxy groups -OCH3 is 2. The van der Waals surface area contributed by atoms with Crippen molar-refractivity contribution in [1.82, 2.24) is 15.1 Å². The van der Waals surface area contributed by atoms with Gasteiger partial charge in [-0.25, -0.2) is 0 Å². The molecule has 4 rings (SSSR count). The summed E-state index contributed by atoms with van der Waals surface area (Å²) in [6, 6.07) is 5.99. The first-order valence-electron chi connectivity index (χ1n) is 9.20. The average Bonchev–Trinajstić information content (AvgIpc) is 3.35. The highest BCUT2D eigenvalue weighted by molar-refractivity contribution is 5.80. The number of nitrogens with zero attached hydrogens (tertiary/aromatic N) is 2. The third kappa shape index (κ3) is 3.16. The van der Waals surface area contributed by atoms with Crippen LogP contribution in [-0.2, 0) is 17.6 Å². The van der Waals surface area contributed by atoms with E-state index in [0.717, 1.165) is 50.3 Å². The standard InChI is InChI=1S/C20H25N3O3/c1-25-17-8-15(9-18(10-17)26-2)14-5-6-23(12-14)20(24)13-3-4-19-16(7-13)11-21-22-19/h8-11,13-14H,3-7,12H2,1-2H3,(H,21,22). The van der Waals surface area contributed by atoms with E-state index >= 15 is 0 Å². The van der Waals surface area contributed by atoms with Crippen molar-refractivity contribution in [3.63, 3.8) is 0 Å². The van der Waals surface area contributed by atoms with Crippen LogP contribution in [0.2, 0.25) is 0 Å². The Balaban J connectivity index is 1.45. The van der Waals surface area contributed by atoms with Gasteiger partial charge in [0.05, 0.1) is 20.4 Å². The molecule has 1 aromatic heterocycles. The third-order valence-corrected chi connectivity index (χ3v) is 5.71. The van der Waals surface area contributed by atoms with E-state index in [1.165, 1.54) is 16.8 Å². The van der Waals surface area contributed by atoms with Gasteiger partial charge in [0.1, 0.15) is 11.5 Å². The van der Waals surface area contributed by atoms with Crippen LogP contribution in [-0.4, -0.2) is 48.3 Å². The van der Waals surface area contributed by atoms with Gasteiger partial charge in [0.2, 0.25) is 5.91 Å². The Morgan fingerprint density at radius 2 is 1.96 bits per heavy atom. The average molecular weight is 355 g/mol. The van der Waals surface area contributed by atoms with Crippen LogP contribution >= 0.6 is 0 Å². The largest absolute Gasteiger partial charge is 0.497 e. The maximum absolute atomic E-state index is 13.0. The van der Waals surface area contributed by atoms with Gasteiger partial charge >= 0.3 is 0 Å². The number of rotatable bonds is 4. The van der Waals surface area contributed by atoms with E-state index in [0.29, 0.717) is 5.92 Å². The van der Waals surface area contributed by atoms with Crippen molar-refractivity contribution in [2.75, 3.05) is 27.3 Å². The fraction of sp³-hybridized carbons (Fsp3) is 0.500. The van der Waals surface area contributed by atoms with Crippen LogP contribution in [0.4, 0.5) is 0 Å². The van der Waals surface area contributed by atoms with E-state index in [1.807, 2.05) is 17.2 Å². The van der Waals surface area contributed by atoms with E-state index in [4.69, 9.17) is 9.47 Å². The van der Waals surface area contributed by atoms with E-state index < -0.39 is 0 Å². The Kier molecular flexibility index (Phi) is 4.57. The first kappa shape index (κ1) is 16.9. The molecule has 0 spiro atoms. The molecule has 0 bridgehead atoms. The first-order chi connectivity index (χ1) is 12.7. The number of aromatic nitrogens is 2. The molecule has 1 aliphatic carbocycles. The van der Waals surface area contributed by atoms with Crippen molar-refractivity contribution < 1.29 is 14.3 Å². The molecule has 1 fully saturated rings. The predicted molar refractivity (Wildman–Crippen MR) is 97.6 cm³/mol. The lowest BCUT2D eigenvalue weighted by Crippen LogP contribution is -2.36. The number of hydrogen-bond donors (Lipinski definition) is 1. The lowest BCUT2D eigenvalue weighted by atomic mass is 9.87. The molecule has 2 atom stereocenters. The highest BCUT2D eigenvalue weighted by Gasteiger charge is 2.34. The lowest BCUT2D eigenvalue weighted by Gasteiger charge is -2.26. The number of aryl methyl sites for hydroxylation is 1. The number of benzene rings is 1. The molecule has 26 heavy (non-hydrogen) atoms. The van der Waals surface area contributed by atoms with E-state index in [2.05, 4.69) is 22.3 Å². The zero-order valence-electron chi connectivity index (χ0n) is 15.3. The van der Waals surface area contributed by atoms with Crippen molar-refractivity contribution in [2.24, 2.45) is 5.92 Å². The molecule has 1 amide bonds. The number of ether oxygens (including phenoxy) is 2. The fourth-order valence-corrected chi connectivity index (χ4v) is 4.18. The van der Waals surface area contributed by atoms with Crippen LogP contribution in [0.1, 0.15) is 35.6 Å². The number of aromatic amines is 1. The summed E-state index contributed by atoms with van der Waals surface area (Å²) in [5, 5.41) is 7.14. The lowest BCUT2D eigenvalue weighted by molar-refractivity contribution is -0.134. The summed E-state index contributed by atoms with van der Waals surface area (Å²) in [5.41, 5.74) is 3.57. The Morgan fingerprint density at radius 3 is 2.69 bits per heavy atom. The Morgan fingerprint density at radius 1 is 1.19 bits per heavy atom. The normalized spacial score (nSPS) is 22.2. The second-order valence-corrected chi connectivity index (χ2v) is 7.23. The molecule has 6 heteroatoms.